The zero-order valence-electron chi connectivity index (χ0n) is 7.68. The molecule has 1 aliphatic carbocycles. The first-order valence-corrected chi connectivity index (χ1v) is 4.33. The zero-order chi connectivity index (χ0) is 9.35. The van der Waals surface area contributed by atoms with Crippen LogP contribution in [0.2, 0.25) is 0 Å². The lowest BCUT2D eigenvalue weighted by atomic mass is 10.5. The lowest BCUT2D eigenvalue weighted by Gasteiger charge is -2.19. The van der Waals surface area contributed by atoms with Crippen LogP contribution in [0.4, 0.5) is 8.78 Å². The molecule has 2 nitrogen and oxygen atoms in total. The van der Waals surface area contributed by atoms with E-state index in [4.69, 9.17) is 4.74 Å². The first-order valence-electron chi connectivity index (χ1n) is 4.33. The Morgan fingerprint density at radius 2 is 2.00 bits per heavy atom. The molecule has 0 N–H and O–H groups in total. The number of nitrogens with zero attached hydrogens (tertiary/aromatic N) is 1. The van der Waals surface area contributed by atoms with E-state index < -0.39 is 18.1 Å². The van der Waals surface area contributed by atoms with Crippen LogP contribution in [-0.4, -0.2) is 43.2 Å². The number of hydrogen-bond donors (Lipinski definition) is 0. The molecular formula is C8H15F2NO. The van der Waals surface area contributed by atoms with Crippen molar-refractivity contribution in [3.63, 3.8) is 0 Å². The molecule has 0 spiro atoms. The normalized spacial score (nSPS) is 37.8. The molecule has 72 valence electrons. The van der Waals surface area contributed by atoms with Gasteiger partial charge in [-0.05, 0) is 7.05 Å². The highest BCUT2D eigenvalue weighted by Gasteiger charge is 2.72. The fraction of sp³-hybridized carbons (Fsp3) is 1.00. The Bertz CT molecular complexity index is 163. The largest absolute Gasteiger partial charge is 0.369 e. The summed E-state index contributed by atoms with van der Waals surface area (Å²) >= 11 is 0. The smallest absolute Gasteiger partial charge is 0.293 e. The van der Waals surface area contributed by atoms with Gasteiger partial charge in [-0.3, -0.25) is 4.90 Å². The van der Waals surface area contributed by atoms with Gasteiger partial charge in [-0.2, -0.15) is 0 Å². The van der Waals surface area contributed by atoms with E-state index in [0.717, 1.165) is 0 Å². The first kappa shape index (κ1) is 9.86. The molecule has 1 heterocycles. The lowest BCUT2D eigenvalue weighted by Crippen LogP contribution is -2.33. The molecule has 0 radical (unpaired) electrons. The number of alkyl halides is 2. The minimum atomic E-state index is -2.58. The number of halogens is 2. The maximum Gasteiger partial charge on any atom is 0.293 e. The molecular weight excluding hydrogens is 164 g/mol. The van der Waals surface area contributed by atoms with Crippen LogP contribution >= 0.6 is 0 Å². The maximum atomic E-state index is 12.6. The average molecular weight is 179 g/mol. The highest BCUT2D eigenvalue weighted by Crippen LogP contribution is 2.49. The summed E-state index contributed by atoms with van der Waals surface area (Å²) in [5.41, 5.74) is 0. The molecule has 2 unspecified atom stereocenters. The summed E-state index contributed by atoms with van der Waals surface area (Å²) in [6.45, 7) is 5.06. The number of likely N-dealkylation sites (N-methyl/N-ethyl adjacent to an activating group) is 1. The number of fused-ring (bicyclic) bond motifs is 1. The number of rotatable bonds is 0. The standard InChI is InChI=1S/C6H9F2NO.C2H6/c1-9-2-3-10-5-4(9)6(5,7)8;1-2/h4-5H,2-3H2,1H3;1-2H3. The monoisotopic (exact) mass is 179 g/mol. The van der Waals surface area contributed by atoms with Crippen molar-refractivity contribution >= 4 is 0 Å². The topological polar surface area (TPSA) is 12.5 Å². The molecule has 2 atom stereocenters. The van der Waals surface area contributed by atoms with Gasteiger partial charge in [0.1, 0.15) is 12.1 Å². The molecule has 2 aliphatic rings. The second-order valence-corrected chi connectivity index (χ2v) is 2.89. The van der Waals surface area contributed by atoms with E-state index in [-0.39, 0.29) is 0 Å². The highest BCUT2D eigenvalue weighted by molar-refractivity contribution is 5.15. The lowest BCUT2D eigenvalue weighted by molar-refractivity contribution is 0.0113. The zero-order valence-corrected chi connectivity index (χ0v) is 7.68. The van der Waals surface area contributed by atoms with Crippen molar-refractivity contribution in [3.05, 3.63) is 0 Å². The van der Waals surface area contributed by atoms with Crippen LogP contribution in [0.1, 0.15) is 13.8 Å². The van der Waals surface area contributed by atoms with E-state index in [1.54, 1.807) is 11.9 Å². The van der Waals surface area contributed by atoms with Gasteiger partial charge in [0.2, 0.25) is 0 Å². The van der Waals surface area contributed by atoms with Crippen LogP contribution in [0.5, 0.6) is 0 Å². The summed E-state index contributed by atoms with van der Waals surface area (Å²) in [5.74, 6) is -2.58. The fourth-order valence-corrected chi connectivity index (χ4v) is 1.47. The Hall–Kier alpha value is -0.220. The Kier molecular flexibility index (Phi) is 2.68. The summed E-state index contributed by atoms with van der Waals surface area (Å²) in [6, 6.07) is -0.638. The number of hydrogen-bond acceptors (Lipinski definition) is 2. The molecule has 2 rings (SSSR count). The van der Waals surface area contributed by atoms with Crippen molar-refractivity contribution in [1.82, 2.24) is 4.90 Å². The Morgan fingerprint density at radius 3 is 2.42 bits per heavy atom. The predicted octanol–water partition coefficient (Wildman–Crippen LogP) is 1.36. The van der Waals surface area contributed by atoms with Crippen LogP contribution in [0.3, 0.4) is 0 Å². The molecule has 1 aliphatic heterocycles. The molecule has 0 amide bonds. The van der Waals surface area contributed by atoms with Crippen molar-refractivity contribution in [2.45, 2.75) is 31.9 Å². The van der Waals surface area contributed by atoms with Crippen LogP contribution in [0.15, 0.2) is 0 Å². The summed E-state index contributed by atoms with van der Waals surface area (Å²) in [7, 11) is 1.71. The summed E-state index contributed by atoms with van der Waals surface area (Å²) < 4.78 is 30.0. The molecule has 0 bridgehead atoms. The number of morpholine rings is 1. The predicted molar refractivity (Wildman–Crippen MR) is 42.5 cm³/mol. The van der Waals surface area contributed by atoms with E-state index in [0.29, 0.717) is 13.2 Å². The van der Waals surface area contributed by atoms with Gasteiger partial charge in [0, 0.05) is 6.54 Å². The van der Waals surface area contributed by atoms with Crippen LogP contribution in [0.25, 0.3) is 0 Å². The average Bonchev–Trinajstić information content (AvgIpc) is 2.61. The molecule has 0 aromatic carbocycles. The molecule has 4 heteroatoms. The summed E-state index contributed by atoms with van der Waals surface area (Å²) in [5, 5.41) is 0. The Balaban J connectivity index is 0.000000336. The third-order valence-corrected chi connectivity index (χ3v) is 2.17. The fourth-order valence-electron chi connectivity index (χ4n) is 1.47. The van der Waals surface area contributed by atoms with Gasteiger partial charge in [-0.25, -0.2) is 8.78 Å². The molecule has 0 aromatic rings. The van der Waals surface area contributed by atoms with Gasteiger partial charge < -0.3 is 4.74 Å². The van der Waals surface area contributed by atoms with Crippen molar-refractivity contribution in [3.8, 4) is 0 Å². The van der Waals surface area contributed by atoms with Gasteiger partial charge in [0.05, 0.1) is 6.61 Å². The second kappa shape index (κ2) is 3.26. The molecule has 2 fully saturated rings. The highest BCUT2D eigenvalue weighted by atomic mass is 19.3. The van der Waals surface area contributed by atoms with E-state index in [2.05, 4.69) is 0 Å². The Morgan fingerprint density at radius 1 is 1.42 bits per heavy atom. The molecule has 1 saturated carbocycles. The Labute approximate surface area is 71.5 Å². The second-order valence-electron chi connectivity index (χ2n) is 2.89. The minimum Gasteiger partial charge on any atom is -0.369 e. The third kappa shape index (κ3) is 1.33. The van der Waals surface area contributed by atoms with Gasteiger partial charge in [-0.15, -0.1) is 0 Å². The van der Waals surface area contributed by atoms with Gasteiger partial charge >= 0.3 is 0 Å². The first-order chi connectivity index (χ1) is 5.64. The minimum absolute atomic E-state index is 0.438. The third-order valence-electron chi connectivity index (χ3n) is 2.17. The number of ether oxygens (including phenoxy) is 1. The van der Waals surface area contributed by atoms with Gasteiger partial charge in [0.15, 0.2) is 0 Å². The van der Waals surface area contributed by atoms with E-state index >= 15 is 0 Å². The molecule has 1 saturated heterocycles. The van der Waals surface area contributed by atoms with Crippen LogP contribution < -0.4 is 0 Å². The van der Waals surface area contributed by atoms with E-state index in [9.17, 15) is 8.78 Å². The van der Waals surface area contributed by atoms with Crippen LogP contribution in [-0.2, 0) is 4.74 Å². The van der Waals surface area contributed by atoms with Crippen molar-refractivity contribution in [2.24, 2.45) is 0 Å². The maximum absolute atomic E-state index is 12.6. The van der Waals surface area contributed by atoms with Crippen molar-refractivity contribution in [1.29, 1.82) is 0 Å². The molecule has 0 aromatic heterocycles. The van der Waals surface area contributed by atoms with E-state index in [1.807, 2.05) is 13.8 Å². The SMILES string of the molecule is CC.CN1CCOC2C1C2(F)F. The van der Waals surface area contributed by atoms with Crippen LogP contribution in [0, 0.1) is 0 Å². The summed E-state index contributed by atoms with van der Waals surface area (Å²) in [4.78, 5) is 1.66. The van der Waals surface area contributed by atoms with E-state index in [1.165, 1.54) is 0 Å². The van der Waals surface area contributed by atoms with Gasteiger partial charge in [0.25, 0.3) is 5.92 Å². The molecule has 12 heavy (non-hydrogen) atoms. The van der Waals surface area contributed by atoms with Gasteiger partial charge in [-0.1, -0.05) is 13.8 Å². The quantitative estimate of drug-likeness (QED) is 0.556. The summed E-state index contributed by atoms with van der Waals surface area (Å²) in [6.07, 6.45) is -0.814. The van der Waals surface area contributed by atoms with Crippen molar-refractivity contribution in [2.75, 3.05) is 20.2 Å². The van der Waals surface area contributed by atoms with Crippen molar-refractivity contribution < 1.29 is 13.5 Å².